The summed E-state index contributed by atoms with van der Waals surface area (Å²) in [5.74, 6) is 0.894. The summed E-state index contributed by atoms with van der Waals surface area (Å²) in [4.78, 5) is 2.64. The molecule has 2 aliphatic heterocycles. The highest BCUT2D eigenvalue weighted by molar-refractivity contribution is 4.95. The van der Waals surface area contributed by atoms with Gasteiger partial charge in [0.05, 0.1) is 0 Å². The molecule has 0 radical (unpaired) electrons. The Labute approximate surface area is 82.5 Å². The number of hydrogen-bond acceptors (Lipinski definition) is 1. The van der Waals surface area contributed by atoms with Gasteiger partial charge >= 0.3 is 0 Å². The standard InChI is InChI=1S/C12H23N/c1-9-7-10-5-6-11(13(10)4)8-12(9,2)3/h9-11H,5-8H2,1-4H3. The highest BCUT2D eigenvalue weighted by Crippen LogP contribution is 2.44. The van der Waals surface area contributed by atoms with Crippen LogP contribution in [-0.4, -0.2) is 24.0 Å². The van der Waals surface area contributed by atoms with E-state index in [1.54, 1.807) is 0 Å². The molecule has 2 saturated heterocycles. The van der Waals surface area contributed by atoms with Crippen LogP contribution in [0.25, 0.3) is 0 Å². The number of hydrogen-bond donors (Lipinski definition) is 0. The van der Waals surface area contributed by atoms with Gasteiger partial charge in [0, 0.05) is 12.1 Å². The zero-order valence-corrected chi connectivity index (χ0v) is 9.51. The average Bonchev–Trinajstić information content (AvgIpc) is 2.31. The largest absolute Gasteiger partial charge is 0.300 e. The molecular formula is C12H23N. The molecule has 0 saturated carbocycles. The maximum absolute atomic E-state index is 2.64. The van der Waals surface area contributed by atoms with Crippen molar-refractivity contribution in [2.75, 3.05) is 7.05 Å². The van der Waals surface area contributed by atoms with E-state index in [2.05, 4.69) is 32.7 Å². The molecule has 2 aliphatic rings. The van der Waals surface area contributed by atoms with E-state index in [-0.39, 0.29) is 0 Å². The maximum atomic E-state index is 2.64. The van der Waals surface area contributed by atoms with Crippen molar-refractivity contribution in [1.29, 1.82) is 0 Å². The first-order valence-corrected chi connectivity index (χ1v) is 5.72. The number of fused-ring (bicyclic) bond motifs is 2. The molecule has 13 heavy (non-hydrogen) atoms. The topological polar surface area (TPSA) is 3.24 Å². The van der Waals surface area contributed by atoms with E-state index in [1.165, 1.54) is 25.7 Å². The Morgan fingerprint density at radius 3 is 2.46 bits per heavy atom. The highest BCUT2D eigenvalue weighted by Gasteiger charge is 2.41. The van der Waals surface area contributed by atoms with Crippen LogP contribution in [0.1, 0.15) is 46.5 Å². The molecule has 2 fully saturated rings. The zero-order chi connectivity index (χ0) is 9.64. The Bertz CT molecular complexity index is 197. The van der Waals surface area contributed by atoms with Gasteiger partial charge < -0.3 is 4.90 Å². The minimum Gasteiger partial charge on any atom is -0.300 e. The third-order valence-electron chi connectivity index (χ3n) is 4.71. The Balaban J connectivity index is 2.19. The minimum absolute atomic E-state index is 0.564. The van der Waals surface area contributed by atoms with Crippen molar-refractivity contribution in [3.8, 4) is 0 Å². The van der Waals surface area contributed by atoms with Crippen molar-refractivity contribution >= 4 is 0 Å². The SMILES string of the molecule is CC1CC2CCC(CC1(C)C)N2C. The Hall–Kier alpha value is -0.0400. The molecule has 0 aliphatic carbocycles. The number of rotatable bonds is 0. The Kier molecular flexibility index (Phi) is 2.18. The summed E-state index contributed by atoms with van der Waals surface area (Å²) in [7, 11) is 2.33. The molecule has 0 aromatic rings. The third-order valence-corrected chi connectivity index (χ3v) is 4.71. The van der Waals surface area contributed by atoms with E-state index in [1.807, 2.05) is 0 Å². The molecule has 3 unspecified atom stereocenters. The summed E-state index contributed by atoms with van der Waals surface area (Å²) in [5.41, 5.74) is 0.564. The smallest absolute Gasteiger partial charge is 0.0101 e. The molecule has 0 aromatic heterocycles. The van der Waals surface area contributed by atoms with E-state index in [0.717, 1.165) is 18.0 Å². The van der Waals surface area contributed by atoms with Crippen LogP contribution in [0.2, 0.25) is 0 Å². The second-order valence-electron chi connectivity index (χ2n) is 5.88. The van der Waals surface area contributed by atoms with Gasteiger partial charge in [0.1, 0.15) is 0 Å². The molecule has 2 bridgehead atoms. The number of nitrogens with zero attached hydrogens (tertiary/aromatic N) is 1. The Morgan fingerprint density at radius 1 is 1.15 bits per heavy atom. The predicted molar refractivity (Wildman–Crippen MR) is 56.8 cm³/mol. The van der Waals surface area contributed by atoms with E-state index in [4.69, 9.17) is 0 Å². The van der Waals surface area contributed by atoms with Crippen LogP contribution in [0.4, 0.5) is 0 Å². The quantitative estimate of drug-likeness (QED) is 0.555. The molecule has 0 aromatic carbocycles. The second kappa shape index (κ2) is 2.98. The van der Waals surface area contributed by atoms with Gasteiger partial charge in [0.15, 0.2) is 0 Å². The predicted octanol–water partition coefficient (Wildman–Crippen LogP) is 2.91. The second-order valence-corrected chi connectivity index (χ2v) is 5.88. The van der Waals surface area contributed by atoms with Gasteiger partial charge in [-0.05, 0) is 44.1 Å². The van der Waals surface area contributed by atoms with Crippen molar-refractivity contribution in [3.63, 3.8) is 0 Å². The van der Waals surface area contributed by atoms with Crippen molar-refractivity contribution < 1.29 is 0 Å². The normalized spacial score (nSPS) is 44.8. The van der Waals surface area contributed by atoms with E-state index >= 15 is 0 Å². The first kappa shape index (κ1) is 9.51. The van der Waals surface area contributed by atoms with Crippen LogP contribution in [0.3, 0.4) is 0 Å². The van der Waals surface area contributed by atoms with Gasteiger partial charge in [0.25, 0.3) is 0 Å². The molecule has 3 atom stereocenters. The maximum Gasteiger partial charge on any atom is 0.0101 e. The summed E-state index contributed by atoms with van der Waals surface area (Å²) in [6.45, 7) is 7.34. The summed E-state index contributed by atoms with van der Waals surface area (Å²) in [6.07, 6.45) is 5.71. The zero-order valence-electron chi connectivity index (χ0n) is 9.51. The lowest BCUT2D eigenvalue weighted by Crippen LogP contribution is -2.31. The van der Waals surface area contributed by atoms with Crippen molar-refractivity contribution in [2.24, 2.45) is 11.3 Å². The molecule has 1 nitrogen and oxygen atoms in total. The summed E-state index contributed by atoms with van der Waals surface area (Å²) in [6, 6.07) is 1.77. The third kappa shape index (κ3) is 1.52. The molecule has 0 amide bonds. The molecule has 2 rings (SSSR count). The highest BCUT2D eigenvalue weighted by atomic mass is 15.2. The fourth-order valence-corrected chi connectivity index (χ4v) is 3.16. The van der Waals surface area contributed by atoms with Crippen molar-refractivity contribution in [3.05, 3.63) is 0 Å². The van der Waals surface area contributed by atoms with Crippen molar-refractivity contribution in [1.82, 2.24) is 4.90 Å². The van der Waals surface area contributed by atoms with Gasteiger partial charge in [0.2, 0.25) is 0 Å². The van der Waals surface area contributed by atoms with Crippen LogP contribution < -0.4 is 0 Å². The lowest BCUT2D eigenvalue weighted by Gasteiger charge is -2.33. The van der Waals surface area contributed by atoms with E-state index in [9.17, 15) is 0 Å². The first-order chi connectivity index (χ1) is 6.00. The molecule has 1 heteroatoms. The van der Waals surface area contributed by atoms with Crippen LogP contribution in [0.5, 0.6) is 0 Å². The molecule has 76 valence electrons. The van der Waals surface area contributed by atoms with Crippen LogP contribution >= 0.6 is 0 Å². The van der Waals surface area contributed by atoms with Crippen LogP contribution in [0.15, 0.2) is 0 Å². The summed E-state index contributed by atoms with van der Waals surface area (Å²) < 4.78 is 0. The van der Waals surface area contributed by atoms with Gasteiger partial charge in [-0.2, -0.15) is 0 Å². The lowest BCUT2D eigenvalue weighted by molar-refractivity contribution is 0.185. The van der Waals surface area contributed by atoms with Crippen LogP contribution in [-0.2, 0) is 0 Å². The van der Waals surface area contributed by atoms with Gasteiger partial charge in [-0.3, -0.25) is 0 Å². The minimum atomic E-state index is 0.564. The molecular weight excluding hydrogens is 158 g/mol. The molecule has 0 spiro atoms. The van der Waals surface area contributed by atoms with Crippen molar-refractivity contribution in [2.45, 2.75) is 58.5 Å². The fraction of sp³-hybridized carbons (Fsp3) is 1.00. The molecule has 2 heterocycles. The first-order valence-electron chi connectivity index (χ1n) is 5.72. The fourth-order valence-electron chi connectivity index (χ4n) is 3.16. The van der Waals surface area contributed by atoms with Gasteiger partial charge in [-0.1, -0.05) is 20.8 Å². The van der Waals surface area contributed by atoms with Crippen LogP contribution in [0, 0.1) is 11.3 Å². The average molecular weight is 181 g/mol. The van der Waals surface area contributed by atoms with Gasteiger partial charge in [-0.25, -0.2) is 0 Å². The molecule has 0 N–H and O–H groups in total. The Morgan fingerprint density at radius 2 is 1.77 bits per heavy atom. The summed E-state index contributed by atoms with van der Waals surface area (Å²) >= 11 is 0. The lowest BCUT2D eigenvalue weighted by atomic mass is 9.72. The van der Waals surface area contributed by atoms with E-state index in [0.29, 0.717) is 5.41 Å². The van der Waals surface area contributed by atoms with E-state index < -0.39 is 0 Å². The summed E-state index contributed by atoms with van der Waals surface area (Å²) in [5, 5.41) is 0. The van der Waals surface area contributed by atoms with Gasteiger partial charge in [-0.15, -0.1) is 0 Å². The monoisotopic (exact) mass is 181 g/mol.